The fraction of sp³-hybridized carbons (Fsp3) is 0.375. The van der Waals surface area contributed by atoms with Crippen molar-refractivity contribution in [2.75, 3.05) is 39.3 Å². The Bertz CT molecular complexity index is 935. The quantitative estimate of drug-likeness (QED) is 0.660. The van der Waals surface area contributed by atoms with Crippen molar-refractivity contribution < 1.29 is 19.5 Å². The second-order valence-corrected chi connectivity index (χ2v) is 8.15. The molecule has 2 aliphatic rings. The highest BCUT2D eigenvalue weighted by atomic mass is 16.3. The second-order valence-electron chi connectivity index (χ2n) is 8.15. The molecular weight excluding hydrogens is 408 g/mol. The molecule has 8 nitrogen and oxygen atoms in total. The maximum atomic E-state index is 13.8. The molecule has 4 rings (SSSR count). The van der Waals surface area contributed by atoms with Crippen molar-refractivity contribution in [3.05, 3.63) is 71.8 Å². The van der Waals surface area contributed by atoms with Crippen LogP contribution < -0.4 is 5.32 Å². The van der Waals surface area contributed by atoms with Crippen molar-refractivity contribution in [3.63, 3.8) is 0 Å². The van der Waals surface area contributed by atoms with E-state index in [1.165, 1.54) is 0 Å². The van der Waals surface area contributed by atoms with Gasteiger partial charge in [0.05, 0.1) is 6.61 Å². The molecule has 1 atom stereocenters. The Balaban J connectivity index is 1.62. The van der Waals surface area contributed by atoms with Gasteiger partial charge in [-0.1, -0.05) is 60.7 Å². The number of imide groups is 1. The number of carbonyl (C=O) groups is 3. The van der Waals surface area contributed by atoms with Gasteiger partial charge in [-0.15, -0.1) is 0 Å². The summed E-state index contributed by atoms with van der Waals surface area (Å²) in [5.41, 5.74) is -0.0952. The number of hydrogen-bond donors (Lipinski definition) is 2. The molecule has 2 fully saturated rings. The van der Waals surface area contributed by atoms with Crippen molar-refractivity contribution in [1.82, 2.24) is 20.0 Å². The molecule has 2 heterocycles. The predicted octanol–water partition coefficient (Wildman–Crippen LogP) is 1.01. The predicted molar refractivity (Wildman–Crippen MR) is 119 cm³/mol. The van der Waals surface area contributed by atoms with Gasteiger partial charge in [0.25, 0.3) is 5.91 Å². The summed E-state index contributed by atoms with van der Waals surface area (Å²) >= 11 is 0. The molecule has 2 aromatic carbocycles. The van der Waals surface area contributed by atoms with Gasteiger partial charge in [0, 0.05) is 32.7 Å². The SMILES string of the molecule is C[C@H](C(=O)N1CCN(CCO)CC1)N1C(=O)NC(c2ccccc2)(c2ccccc2)C1=O. The van der Waals surface area contributed by atoms with Crippen LogP contribution in [0.5, 0.6) is 0 Å². The zero-order valence-electron chi connectivity index (χ0n) is 18.1. The highest BCUT2D eigenvalue weighted by molar-refractivity contribution is 6.12. The van der Waals surface area contributed by atoms with Crippen LogP contribution in [0.4, 0.5) is 4.79 Å². The summed E-state index contributed by atoms with van der Waals surface area (Å²) in [5, 5.41) is 12.0. The van der Waals surface area contributed by atoms with E-state index in [4.69, 9.17) is 5.11 Å². The lowest BCUT2D eigenvalue weighted by molar-refractivity contribution is -0.143. The summed E-state index contributed by atoms with van der Waals surface area (Å²) in [4.78, 5) is 45.0. The van der Waals surface area contributed by atoms with Gasteiger partial charge < -0.3 is 15.3 Å². The van der Waals surface area contributed by atoms with E-state index in [1.807, 2.05) is 60.7 Å². The van der Waals surface area contributed by atoms with E-state index >= 15 is 0 Å². The fourth-order valence-corrected chi connectivity index (χ4v) is 4.54. The lowest BCUT2D eigenvalue weighted by Gasteiger charge is -2.36. The molecule has 0 aliphatic carbocycles. The molecule has 0 saturated carbocycles. The minimum atomic E-state index is -1.38. The van der Waals surface area contributed by atoms with Gasteiger partial charge in [-0.05, 0) is 18.1 Å². The minimum Gasteiger partial charge on any atom is -0.395 e. The summed E-state index contributed by atoms with van der Waals surface area (Å²) in [6.07, 6.45) is 0. The monoisotopic (exact) mass is 436 g/mol. The van der Waals surface area contributed by atoms with Gasteiger partial charge >= 0.3 is 6.03 Å². The first kappa shape index (κ1) is 22.0. The number of aliphatic hydroxyl groups excluding tert-OH is 1. The van der Waals surface area contributed by atoms with Gasteiger partial charge in [-0.25, -0.2) is 9.69 Å². The minimum absolute atomic E-state index is 0.0772. The maximum Gasteiger partial charge on any atom is 0.326 e. The molecule has 2 N–H and O–H groups in total. The molecule has 4 amide bonds. The van der Waals surface area contributed by atoms with Crippen LogP contribution in [0, 0.1) is 0 Å². The molecule has 0 unspecified atom stereocenters. The lowest BCUT2D eigenvalue weighted by Crippen LogP contribution is -2.56. The largest absolute Gasteiger partial charge is 0.395 e. The summed E-state index contributed by atoms with van der Waals surface area (Å²) in [5.74, 6) is -0.714. The smallest absolute Gasteiger partial charge is 0.326 e. The molecule has 168 valence electrons. The Morgan fingerprint density at radius 1 is 0.969 bits per heavy atom. The topological polar surface area (TPSA) is 93.2 Å². The maximum absolute atomic E-state index is 13.8. The molecule has 2 aromatic rings. The van der Waals surface area contributed by atoms with Gasteiger partial charge in [-0.2, -0.15) is 0 Å². The Kier molecular flexibility index (Phi) is 6.25. The van der Waals surface area contributed by atoms with Gasteiger partial charge in [0.1, 0.15) is 6.04 Å². The number of benzene rings is 2. The Hall–Kier alpha value is -3.23. The molecule has 0 aromatic heterocycles. The summed E-state index contributed by atoms with van der Waals surface area (Å²) in [7, 11) is 0. The first-order chi connectivity index (χ1) is 15.5. The number of nitrogens with zero attached hydrogens (tertiary/aromatic N) is 3. The van der Waals surface area contributed by atoms with Gasteiger partial charge in [0.2, 0.25) is 5.91 Å². The number of carbonyl (C=O) groups excluding carboxylic acids is 3. The third kappa shape index (κ3) is 3.76. The van der Waals surface area contributed by atoms with Crippen molar-refractivity contribution in [2.24, 2.45) is 0 Å². The average molecular weight is 437 g/mol. The van der Waals surface area contributed by atoms with Gasteiger partial charge in [0.15, 0.2) is 5.54 Å². The van der Waals surface area contributed by atoms with Crippen LogP contribution in [0.2, 0.25) is 0 Å². The highest BCUT2D eigenvalue weighted by Gasteiger charge is 2.56. The zero-order chi connectivity index (χ0) is 22.7. The Morgan fingerprint density at radius 3 is 2.00 bits per heavy atom. The van der Waals surface area contributed by atoms with Crippen LogP contribution in [0.25, 0.3) is 0 Å². The standard InChI is InChI=1S/C24H28N4O4/c1-18(21(30)27-14-12-26(13-15-27)16-17-29)28-22(31)24(25-23(28)32,19-8-4-2-5-9-19)20-10-6-3-7-11-20/h2-11,18,29H,12-17H2,1H3,(H,25,32)/t18-/m1/s1. The third-order valence-corrected chi connectivity index (χ3v) is 6.31. The number of urea groups is 1. The average Bonchev–Trinajstić information content (AvgIpc) is 3.11. The van der Waals surface area contributed by atoms with Crippen molar-refractivity contribution in [2.45, 2.75) is 18.5 Å². The number of rotatable bonds is 6. The molecule has 0 bridgehead atoms. The second kappa shape index (κ2) is 9.10. The van der Waals surface area contributed by atoms with E-state index in [9.17, 15) is 14.4 Å². The van der Waals surface area contributed by atoms with Crippen molar-refractivity contribution >= 4 is 17.8 Å². The fourth-order valence-electron chi connectivity index (χ4n) is 4.54. The number of piperazine rings is 1. The van der Waals surface area contributed by atoms with Crippen LogP contribution in [-0.2, 0) is 15.1 Å². The van der Waals surface area contributed by atoms with E-state index in [-0.39, 0.29) is 12.5 Å². The molecule has 2 aliphatic heterocycles. The number of aliphatic hydroxyl groups is 1. The zero-order valence-corrected chi connectivity index (χ0v) is 18.1. The van der Waals surface area contributed by atoms with E-state index in [2.05, 4.69) is 10.2 Å². The molecule has 2 saturated heterocycles. The summed E-state index contributed by atoms with van der Waals surface area (Å²) in [6.45, 7) is 4.54. The molecule has 32 heavy (non-hydrogen) atoms. The normalized spacial score (nSPS) is 19.7. The summed E-state index contributed by atoms with van der Waals surface area (Å²) in [6, 6.07) is 16.7. The van der Waals surface area contributed by atoms with Crippen LogP contribution in [0.1, 0.15) is 18.1 Å². The van der Waals surface area contributed by atoms with E-state index in [0.29, 0.717) is 43.9 Å². The van der Waals surface area contributed by atoms with Crippen molar-refractivity contribution in [1.29, 1.82) is 0 Å². The van der Waals surface area contributed by atoms with Crippen LogP contribution >= 0.6 is 0 Å². The number of nitrogens with one attached hydrogen (secondary N) is 1. The molecule has 8 heteroatoms. The summed E-state index contributed by atoms with van der Waals surface area (Å²) < 4.78 is 0. The Labute approximate surface area is 187 Å². The first-order valence-electron chi connectivity index (χ1n) is 10.9. The number of amides is 4. The van der Waals surface area contributed by atoms with Gasteiger partial charge in [-0.3, -0.25) is 14.5 Å². The van der Waals surface area contributed by atoms with Crippen LogP contribution in [-0.4, -0.2) is 83.0 Å². The first-order valence-corrected chi connectivity index (χ1v) is 10.9. The van der Waals surface area contributed by atoms with Crippen LogP contribution in [0.3, 0.4) is 0 Å². The molecule has 0 spiro atoms. The van der Waals surface area contributed by atoms with Crippen molar-refractivity contribution in [3.8, 4) is 0 Å². The van der Waals surface area contributed by atoms with E-state index < -0.39 is 23.5 Å². The third-order valence-electron chi connectivity index (χ3n) is 6.31. The molecular formula is C24H28N4O4. The van der Waals surface area contributed by atoms with E-state index in [0.717, 1.165) is 4.90 Å². The van der Waals surface area contributed by atoms with Crippen LogP contribution in [0.15, 0.2) is 60.7 Å². The number of β-amino-alcohol motifs (C(OH)–C–C–N with tert-alkyl or cyclic N) is 1. The lowest BCUT2D eigenvalue weighted by atomic mass is 9.82. The van der Waals surface area contributed by atoms with E-state index in [1.54, 1.807) is 11.8 Å². The number of hydrogen-bond acceptors (Lipinski definition) is 5. The molecule has 0 radical (unpaired) electrons. The Morgan fingerprint density at radius 2 is 1.50 bits per heavy atom. The highest BCUT2D eigenvalue weighted by Crippen LogP contribution is 2.37.